The molecule has 1 fully saturated rings. The molecule has 10 heteroatoms. The number of alkyl halides is 3. The maximum absolute atomic E-state index is 13.2. The van der Waals surface area contributed by atoms with Gasteiger partial charge in [0, 0.05) is 23.3 Å². The summed E-state index contributed by atoms with van der Waals surface area (Å²) in [5, 5.41) is 12.4. The van der Waals surface area contributed by atoms with Crippen molar-refractivity contribution in [2.45, 2.75) is 12.6 Å². The molecule has 4 rings (SSSR count). The number of nitrogens with one attached hydrogen (secondary N) is 2. The van der Waals surface area contributed by atoms with E-state index >= 15 is 0 Å². The third kappa shape index (κ3) is 3.11. The number of hydrogen-bond donors (Lipinski definition) is 3. The molecule has 4 N–H and O–H groups in total. The van der Waals surface area contributed by atoms with E-state index in [4.69, 9.17) is 11.0 Å². The predicted octanol–water partition coefficient (Wildman–Crippen LogP) is 3.32. The molecule has 2 atom stereocenters. The number of H-pyrrole nitrogens is 1. The van der Waals surface area contributed by atoms with Crippen LogP contribution in [0.15, 0.2) is 30.6 Å². The molecule has 3 aromatic heterocycles. The number of carbonyl (C=O) groups excluding carboxylic acids is 1. The number of nitrogens with zero attached hydrogens (tertiary/aromatic N) is 3. The van der Waals surface area contributed by atoms with E-state index in [1.54, 1.807) is 0 Å². The predicted molar refractivity (Wildman–Crippen MR) is 94.6 cm³/mol. The van der Waals surface area contributed by atoms with E-state index in [0.29, 0.717) is 17.2 Å². The molecule has 142 valence electrons. The normalized spacial score (nSPS) is 18.6. The summed E-state index contributed by atoms with van der Waals surface area (Å²) in [7, 11) is 0. The van der Waals surface area contributed by atoms with Crippen molar-refractivity contribution in [3.05, 3.63) is 36.3 Å². The highest BCUT2D eigenvalue weighted by Gasteiger charge is 2.43. The number of hydrogen-bond acceptors (Lipinski definition) is 5. The summed E-state index contributed by atoms with van der Waals surface area (Å²) in [5.74, 6) is -0.719. The molecule has 0 bridgehead atoms. The van der Waals surface area contributed by atoms with Crippen LogP contribution >= 0.6 is 0 Å². The zero-order valence-corrected chi connectivity index (χ0v) is 14.2. The SMILES string of the molecule is N#C[C@@H]1C[C@H]1C(=O)Nc1cc2cc(-c3cc[nH]c3C(F)(F)F)nc(N)c2cn1. The van der Waals surface area contributed by atoms with Gasteiger partial charge in [0.05, 0.1) is 23.6 Å². The Bertz CT molecular complexity index is 1130. The summed E-state index contributed by atoms with van der Waals surface area (Å²) in [6, 6.07) is 6.27. The first-order chi connectivity index (χ1) is 13.3. The van der Waals surface area contributed by atoms with Crippen molar-refractivity contribution in [2.24, 2.45) is 11.8 Å². The maximum atomic E-state index is 13.2. The van der Waals surface area contributed by atoms with Crippen LogP contribution in [0, 0.1) is 23.2 Å². The Morgan fingerprint density at radius 3 is 2.86 bits per heavy atom. The van der Waals surface area contributed by atoms with E-state index in [1.165, 1.54) is 30.6 Å². The van der Waals surface area contributed by atoms with E-state index < -0.39 is 11.9 Å². The lowest BCUT2D eigenvalue weighted by molar-refractivity contribution is -0.140. The van der Waals surface area contributed by atoms with Gasteiger partial charge in [-0.15, -0.1) is 0 Å². The molecule has 0 spiro atoms. The van der Waals surface area contributed by atoms with Crippen molar-refractivity contribution in [3.63, 3.8) is 0 Å². The lowest BCUT2D eigenvalue weighted by Crippen LogP contribution is -2.15. The Labute approximate surface area is 156 Å². The van der Waals surface area contributed by atoms with E-state index in [0.717, 1.165) is 0 Å². The van der Waals surface area contributed by atoms with Crippen LogP contribution < -0.4 is 11.1 Å². The topological polar surface area (TPSA) is 120 Å². The number of pyridine rings is 2. The average molecular weight is 386 g/mol. The number of nitriles is 1. The molecule has 3 aromatic rings. The first-order valence-corrected chi connectivity index (χ1v) is 8.29. The number of rotatable bonds is 3. The van der Waals surface area contributed by atoms with Gasteiger partial charge in [0.1, 0.15) is 17.3 Å². The Balaban J connectivity index is 1.71. The molecule has 3 heterocycles. The number of halogens is 3. The van der Waals surface area contributed by atoms with E-state index in [-0.39, 0.29) is 40.6 Å². The Morgan fingerprint density at radius 2 is 2.18 bits per heavy atom. The van der Waals surface area contributed by atoms with Gasteiger partial charge in [-0.25, -0.2) is 9.97 Å². The van der Waals surface area contributed by atoms with Crippen LogP contribution in [-0.2, 0) is 11.0 Å². The van der Waals surface area contributed by atoms with E-state index in [2.05, 4.69) is 20.3 Å². The first kappa shape index (κ1) is 17.8. The second-order valence-corrected chi connectivity index (χ2v) is 6.51. The van der Waals surface area contributed by atoms with Gasteiger partial charge < -0.3 is 16.0 Å². The second kappa shape index (κ2) is 6.23. The Kier molecular flexibility index (Phi) is 3.96. The van der Waals surface area contributed by atoms with Crippen molar-refractivity contribution in [1.82, 2.24) is 15.0 Å². The Morgan fingerprint density at radius 1 is 1.39 bits per heavy atom. The van der Waals surface area contributed by atoms with Crippen molar-refractivity contribution >= 4 is 28.3 Å². The van der Waals surface area contributed by atoms with Gasteiger partial charge in [-0.1, -0.05) is 0 Å². The highest BCUT2D eigenvalue weighted by atomic mass is 19.4. The zero-order valence-electron chi connectivity index (χ0n) is 14.2. The summed E-state index contributed by atoms with van der Waals surface area (Å²) in [6.07, 6.45) is -1.49. The maximum Gasteiger partial charge on any atom is 0.431 e. The fraction of sp³-hybridized carbons (Fsp3) is 0.222. The third-order valence-corrected chi connectivity index (χ3v) is 4.60. The molecule has 0 unspecified atom stereocenters. The number of aromatic amines is 1. The van der Waals surface area contributed by atoms with Gasteiger partial charge >= 0.3 is 6.18 Å². The molecule has 0 radical (unpaired) electrons. The van der Waals surface area contributed by atoms with Gasteiger partial charge in [0.25, 0.3) is 0 Å². The highest BCUT2D eigenvalue weighted by Crippen LogP contribution is 2.39. The summed E-state index contributed by atoms with van der Waals surface area (Å²) in [6.45, 7) is 0. The van der Waals surface area contributed by atoms with Gasteiger partial charge in [0.15, 0.2) is 0 Å². The van der Waals surface area contributed by atoms with Crippen molar-refractivity contribution in [2.75, 3.05) is 11.1 Å². The van der Waals surface area contributed by atoms with Crippen LogP contribution in [0.5, 0.6) is 0 Å². The number of nitrogens with two attached hydrogens (primary N) is 1. The highest BCUT2D eigenvalue weighted by molar-refractivity contribution is 5.98. The van der Waals surface area contributed by atoms with Gasteiger partial charge in [0.2, 0.25) is 5.91 Å². The minimum atomic E-state index is -4.57. The van der Waals surface area contributed by atoms with Crippen LogP contribution in [0.25, 0.3) is 22.0 Å². The number of carbonyl (C=O) groups is 1. The number of aromatic nitrogens is 3. The summed E-state index contributed by atoms with van der Waals surface area (Å²) >= 11 is 0. The minimum Gasteiger partial charge on any atom is -0.383 e. The lowest BCUT2D eigenvalue weighted by Gasteiger charge is -2.11. The van der Waals surface area contributed by atoms with E-state index in [9.17, 15) is 18.0 Å². The summed E-state index contributed by atoms with van der Waals surface area (Å²) in [5.41, 5.74) is 4.91. The van der Waals surface area contributed by atoms with Crippen LogP contribution in [-0.4, -0.2) is 20.9 Å². The monoisotopic (exact) mass is 386 g/mol. The molecule has 1 amide bonds. The van der Waals surface area contributed by atoms with Gasteiger partial charge in [-0.3, -0.25) is 4.79 Å². The standard InChI is InChI=1S/C18H13F3N6O/c19-18(20,21)15-10(1-2-24-15)13-4-8-5-14(25-7-12(8)16(23)26-13)27-17(28)11-3-9(11)6-22/h1-2,4-5,7,9,11,24H,3H2,(H2,23,26)(H,25,27,28)/t9-,11+/m0/s1. The molecule has 28 heavy (non-hydrogen) atoms. The van der Waals surface area contributed by atoms with E-state index in [1.807, 2.05) is 6.07 Å². The number of fused-ring (bicyclic) bond motifs is 1. The van der Waals surface area contributed by atoms with Crippen LogP contribution in [0.2, 0.25) is 0 Å². The van der Waals surface area contributed by atoms with Crippen molar-refractivity contribution in [3.8, 4) is 17.3 Å². The second-order valence-electron chi connectivity index (χ2n) is 6.51. The molecule has 1 aliphatic carbocycles. The van der Waals surface area contributed by atoms with Gasteiger partial charge in [-0.05, 0) is 30.0 Å². The van der Waals surface area contributed by atoms with Crippen molar-refractivity contribution in [1.29, 1.82) is 5.26 Å². The largest absolute Gasteiger partial charge is 0.431 e. The lowest BCUT2D eigenvalue weighted by atomic mass is 10.1. The molecule has 1 saturated carbocycles. The fourth-order valence-corrected chi connectivity index (χ4v) is 3.04. The number of nitrogen functional groups attached to an aromatic ring is 1. The van der Waals surface area contributed by atoms with Gasteiger partial charge in [-0.2, -0.15) is 18.4 Å². The minimum absolute atomic E-state index is 0.0268. The third-order valence-electron chi connectivity index (χ3n) is 4.60. The smallest absolute Gasteiger partial charge is 0.383 e. The first-order valence-electron chi connectivity index (χ1n) is 8.29. The average Bonchev–Trinajstić information content (AvgIpc) is 3.25. The molecule has 1 aliphatic rings. The number of anilines is 2. The zero-order chi connectivity index (χ0) is 20.1. The number of amides is 1. The molecular formula is C18H13F3N6O. The summed E-state index contributed by atoms with van der Waals surface area (Å²) < 4.78 is 39.5. The van der Waals surface area contributed by atoms with Crippen LogP contribution in [0.1, 0.15) is 12.1 Å². The fourth-order valence-electron chi connectivity index (χ4n) is 3.04. The molecule has 0 saturated heterocycles. The molecule has 0 aromatic carbocycles. The molecule has 0 aliphatic heterocycles. The summed E-state index contributed by atoms with van der Waals surface area (Å²) in [4.78, 5) is 22.4. The Hall–Kier alpha value is -3.61. The van der Waals surface area contributed by atoms with Crippen LogP contribution in [0.3, 0.4) is 0 Å². The molecular weight excluding hydrogens is 373 g/mol. The quantitative estimate of drug-likeness (QED) is 0.638. The van der Waals surface area contributed by atoms with Crippen molar-refractivity contribution < 1.29 is 18.0 Å². The van der Waals surface area contributed by atoms with Crippen LogP contribution in [0.4, 0.5) is 24.8 Å². The molecule has 7 nitrogen and oxygen atoms in total.